The molecule has 9 nitrogen and oxygen atoms in total. The van der Waals surface area contributed by atoms with Crippen LogP contribution in [0.3, 0.4) is 0 Å². The second kappa shape index (κ2) is 12.0. The summed E-state index contributed by atoms with van der Waals surface area (Å²) in [6.45, 7) is -0.344. The third-order valence-corrected chi connectivity index (χ3v) is 4.57. The lowest BCUT2D eigenvalue weighted by atomic mass is 10.1. The Balaban J connectivity index is 2.07. The number of amides is 2. The standard InChI is InChI=1S/C20H23ClFN5O4/c21-13-5-6-16(25-11-26-23)12(9-13)10-24-19(30)17(7-8-28)27-20(31)18(29)14-3-1-2-4-15(14)22/h1-6,9,11,17-18,28-29H,7-8,10,23H2,(H,24,30)(H,25,26)(H,27,31)/p+1. The van der Waals surface area contributed by atoms with Gasteiger partial charge in [-0.3, -0.25) is 9.59 Å². The molecule has 31 heavy (non-hydrogen) atoms. The number of rotatable bonds is 10. The van der Waals surface area contributed by atoms with Crippen molar-refractivity contribution in [1.29, 1.82) is 0 Å². The first-order valence-corrected chi connectivity index (χ1v) is 9.69. The number of hydrogen-bond donors (Lipinski definition) is 7. The number of nitrogens with two attached hydrogens (primary N) is 1. The van der Waals surface area contributed by atoms with Gasteiger partial charge in [-0.1, -0.05) is 29.8 Å². The Bertz CT molecular complexity index is 944. The lowest BCUT2D eigenvalue weighted by Gasteiger charge is -2.20. The van der Waals surface area contributed by atoms with Crippen LogP contribution in [0.4, 0.5) is 10.1 Å². The Kier molecular flexibility index (Phi) is 9.35. The molecule has 0 radical (unpaired) electrons. The zero-order valence-corrected chi connectivity index (χ0v) is 17.2. The highest BCUT2D eigenvalue weighted by atomic mass is 35.5. The fraction of sp³-hybridized carbons (Fsp3) is 0.250. The number of hydrazine groups is 1. The number of nitrogens with one attached hydrogen (secondary N) is 4. The molecule has 0 aliphatic carbocycles. The van der Waals surface area contributed by atoms with Gasteiger partial charge >= 0.3 is 0 Å². The molecule has 11 heteroatoms. The van der Waals surface area contributed by atoms with Crippen LogP contribution in [0, 0.1) is 5.82 Å². The summed E-state index contributed by atoms with van der Waals surface area (Å²) in [5.41, 5.74) is 3.36. The van der Waals surface area contributed by atoms with Gasteiger partial charge in [0.15, 0.2) is 6.10 Å². The summed E-state index contributed by atoms with van der Waals surface area (Å²) in [5.74, 6) is 2.88. The fourth-order valence-corrected chi connectivity index (χ4v) is 2.96. The zero-order chi connectivity index (χ0) is 22.8. The molecule has 2 unspecified atom stereocenters. The minimum absolute atomic E-state index is 0.0494. The molecule has 2 atom stereocenters. The van der Waals surface area contributed by atoms with Gasteiger partial charge in [-0.25, -0.2) is 14.8 Å². The average Bonchev–Trinajstić information content (AvgIpc) is 2.76. The molecular weight excluding hydrogens is 429 g/mol. The topological polar surface area (TPSA) is 151 Å². The van der Waals surface area contributed by atoms with Crippen molar-refractivity contribution in [3.8, 4) is 0 Å². The van der Waals surface area contributed by atoms with Crippen molar-refractivity contribution in [2.75, 3.05) is 6.61 Å². The minimum atomic E-state index is -1.81. The summed E-state index contributed by atoms with van der Waals surface area (Å²) in [4.78, 5) is 27.8. The molecule has 0 bridgehead atoms. The van der Waals surface area contributed by atoms with E-state index in [-0.39, 0.29) is 18.5 Å². The molecular formula is C20H24ClFN5O4+. The molecule has 0 aliphatic heterocycles. The van der Waals surface area contributed by atoms with Crippen LogP contribution in [0.1, 0.15) is 23.7 Å². The van der Waals surface area contributed by atoms with Crippen LogP contribution in [0.5, 0.6) is 0 Å². The van der Waals surface area contributed by atoms with Crippen molar-refractivity contribution in [2.24, 2.45) is 5.84 Å². The molecule has 0 spiro atoms. The number of carbonyl (C=O) groups excluding carboxylic acids is 2. The maximum atomic E-state index is 13.8. The third-order valence-electron chi connectivity index (χ3n) is 4.33. The van der Waals surface area contributed by atoms with Crippen molar-refractivity contribution < 1.29 is 29.2 Å². The van der Waals surface area contributed by atoms with Crippen molar-refractivity contribution in [3.63, 3.8) is 0 Å². The molecule has 0 saturated heterocycles. The first kappa shape index (κ1) is 24.2. The van der Waals surface area contributed by atoms with Gasteiger partial charge in [-0.15, -0.1) is 0 Å². The Hall–Kier alpha value is -3.05. The number of benzene rings is 2. The fourth-order valence-electron chi connectivity index (χ4n) is 2.76. The van der Waals surface area contributed by atoms with Gasteiger partial charge in [-0.05, 0) is 30.7 Å². The highest BCUT2D eigenvalue weighted by Gasteiger charge is 2.26. The van der Waals surface area contributed by atoms with Gasteiger partial charge in [0, 0.05) is 29.3 Å². The summed E-state index contributed by atoms with van der Waals surface area (Å²) in [7, 11) is 0. The Morgan fingerprint density at radius 3 is 2.65 bits per heavy atom. The molecule has 0 aromatic heterocycles. The van der Waals surface area contributed by atoms with E-state index in [4.69, 9.17) is 17.4 Å². The quantitative estimate of drug-likeness (QED) is 0.105. The summed E-state index contributed by atoms with van der Waals surface area (Å²) in [6.07, 6.45) is -0.529. The first-order chi connectivity index (χ1) is 14.9. The first-order valence-electron chi connectivity index (χ1n) is 9.31. The molecule has 2 rings (SSSR count). The van der Waals surface area contributed by atoms with Crippen molar-refractivity contribution in [3.05, 3.63) is 64.4 Å². The highest BCUT2D eigenvalue weighted by Crippen LogP contribution is 2.18. The number of carbonyl (C=O) groups is 2. The van der Waals surface area contributed by atoms with E-state index in [0.717, 1.165) is 6.07 Å². The van der Waals surface area contributed by atoms with E-state index in [1.54, 1.807) is 18.2 Å². The predicted octanol–water partition coefficient (Wildman–Crippen LogP) is -1.10. The SMILES string of the molecule is NNC=[NH+]c1ccc(Cl)cc1CNC(=O)C(CCO)NC(=O)C(O)c1ccccc1F. The number of hydrogen-bond acceptors (Lipinski definition) is 5. The smallest absolute Gasteiger partial charge is 0.254 e. The van der Waals surface area contributed by atoms with Crippen molar-refractivity contribution in [1.82, 2.24) is 16.1 Å². The lowest BCUT2D eigenvalue weighted by molar-refractivity contribution is -0.351. The summed E-state index contributed by atoms with van der Waals surface area (Å²) >= 11 is 6.01. The van der Waals surface area contributed by atoms with Gasteiger partial charge in [0.2, 0.25) is 5.91 Å². The second-order valence-electron chi connectivity index (χ2n) is 6.47. The molecule has 0 saturated carbocycles. The normalized spacial score (nSPS) is 12.9. The summed E-state index contributed by atoms with van der Waals surface area (Å²) in [6, 6.07) is 9.10. The van der Waals surface area contributed by atoms with Crippen LogP contribution in [0.25, 0.3) is 0 Å². The molecule has 0 heterocycles. The maximum Gasteiger partial charge on any atom is 0.254 e. The van der Waals surface area contributed by atoms with Gasteiger partial charge in [-0.2, -0.15) is 5.84 Å². The zero-order valence-electron chi connectivity index (χ0n) is 16.4. The van der Waals surface area contributed by atoms with E-state index in [2.05, 4.69) is 21.1 Å². The minimum Gasteiger partial charge on any atom is -0.396 e. The average molecular weight is 453 g/mol. The lowest BCUT2D eigenvalue weighted by Crippen LogP contribution is -2.65. The second-order valence-corrected chi connectivity index (χ2v) is 6.91. The maximum absolute atomic E-state index is 13.8. The van der Waals surface area contributed by atoms with E-state index >= 15 is 0 Å². The highest BCUT2D eigenvalue weighted by molar-refractivity contribution is 6.30. The van der Waals surface area contributed by atoms with E-state index in [1.807, 2.05) is 0 Å². The van der Waals surface area contributed by atoms with Crippen LogP contribution in [-0.2, 0) is 16.1 Å². The Morgan fingerprint density at radius 2 is 1.97 bits per heavy atom. The van der Waals surface area contributed by atoms with Crippen LogP contribution in [-0.4, -0.2) is 41.0 Å². The van der Waals surface area contributed by atoms with E-state index in [9.17, 15) is 24.2 Å². The van der Waals surface area contributed by atoms with Crippen LogP contribution in [0.2, 0.25) is 5.02 Å². The number of aliphatic hydroxyl groups excluding tert-OH is 2. The van der Waals surface area contributed by atoms with Crippen LogP contribution < -0.4 is 26.9 Å². The summed E-state index contributed by atoms with van der Waals surface area (Å²) < 4.78 is 13.8. The number of halogens is 2. The molecule has 166 valence electrons. The van der Waals surface area contributed by atoms with E-state index in [1.165, 1.54) is 24.5 Å². The largest absolute Gasteiger partial charge is 0.396 e. The van der Waals surface area contributed by atoms with Crippen molar-refractivity contribution in [2.45, 2.75) is 25.1 Å². The molecule has 2 aromatic rings. The monoisotopic (exact) mass is 452 g/mol. The molecule has 2 amide bonds. The number of aliphatic hydroxyl groups is 2. The van der Waals surface area contributed by atoms with Gasteiger partial charge in [0.05, 0.1) is 0 Å². The molecule has 2 aromatic carbocycles. The Labute approximate surface area is 183 Å². The van der Waals surface area contributed by atoms with E-state index in [0.29, 0.717) is 16.3 Å². The van der Waals surface area contributed by atoms with Crippen molar-refractivity contribution >= 4 is 35.4 Å². The van der Waals surface area contributed by atoms with Crippen LogP contribution >= 0.6 is 11.6 Å². The van der Waals surface area contributed by atoms with Crippen LogP contribution in [0.15, 0.2) is 42.5 Å². The predicted molar refractivity (Wildman–Crippen MR) is 112 cm³/mol. The van der Waals surface area contributed by atoms with Gasteiger partial charge in [0.1, 0.15) is 17.5 Å². The Morgan fingerprint density at radius 1 is 1.23 bits per heavy atom. The van der Waals surface area contributed by atoms with Gasteiger partial charge < -0.3 is 20.8 Å². The summed E-state index contributed by atoms with van der Waals surface area (Å²) in [5, 5.41) is 24.8. The van der Waals surface area contributed by atoms with E-state index < -0.39 is 36.4 Å². The third kappa shape index (κ3) is 7.00. The molecule has 0 aliphatic rings. The van der Waals surface area contributed by atoms with Gasteiger partial charge in [0.25, 0.3) is 12.2 Å². The molecule has 8 N–H and O–H groups in total. The molecule has 0 fully saturated rings.